The van der Waals surface area contributed by atoms with Gasteiger partial charge in [-0.1, -0.05) is 0 Å². The van der Waals surface area contributed by atoms with Crippen molar-refractivity contribution in [2.24, 2.45) is 0 Å². The predicted molar refractivity (Wildman–Crippen MR) is 58.4 cm³/mol. The summed E-state index contributed by atoms with van der Waals surface area (Å²) in [6.07, 6.45) is 0. The first kappa shape index (κ1) is 11.4. The maximum atomic E-state index is 8.96. The van der Waals surface area contributed by atoms with Gasteiger partial charge in [0, 0.05) is 8.88 Å². The number of hydrogen-bond acceptors (Lipinski definition) is 3. The highest BCUT2D eigenvalue weighted by Crippen LogP contribution is 1.77. The quantitative estimate of drug-likeness (QED) is 0.776. The molecule has 0 aromatic carbocycles. The van der Waals surface area contributed by atoms with Crippen molar-refractivity contribution in [2.75, 3.05) is 6.61 Å². The summed E-state index contributed by atoms with van der Waals surface area (Å²) in [6, 6.07) is 0. The Bertz CT molecular complexity index is 280. The molecule has 0 aromatic heterocycles. The van der Waals surface area contributed by atoms with E-state index in [-0.39, 0.29) is 0 Å². The molecule has 1 N–H and O–H groups in total. The highest BCUT2D eigenvalue weighted by Gasteiger charge is 1.79. The summed E-state index contributed by atoms with van der Waals surface area (Å²) in [7, 11) is 1.44. The van der Waals surface area contributed by atoms with E-state index < -0.39 is 16.6 Å². The zero-order chi connectivity index (χ0) is 7.98. The van der Waals surface area contributed by atoms with Gasteiger partial charge < -0.3 is 4.55 Å². The fourth-order valence-corrected chi connectivity index (χ4v) is 8.56. The monoisotopic (exact) mass is 254 g/mol. The van der Waals surface area contributed by atoms with Crippen molar-refractivity contribution in [3.05, 3.63) is 0 Å². The SMILES string of the molecule is CCOS(O)=S=S=S(=S)=S. The molecule has 0 bridgehead atoms. The van der Waals surface area contributed by atoms with Crippen molar-refractivity contribution in [1.29, 1.82) is 0 Å². The van der Waals surface area contributed by atoms with Gasteiger partial charge in [0.15, 0.2) is 0 Å². The molecule has 0 aliphatic heterocycles. The Morgan fingerprint density at radius 1 is 1.50 bits per heavy atom. The third-order valence-electron chi connectivity index (χ3n) is 0.360. The van der Waals surface area contributed by atoms with Crippen molar-refractivity contribution in [3.8, 4) is 0 Å². The van der Waals surface area contributed by atoms with Crippen LogP contribution in [0.3, 0.4) is 0 Å². The molecule has 1 atom stereocenters. The first-order chi connectivity index (χ1) is 4.66. The van der Waals surface area contributed by atoms with Crippen LogP contribution in [0.1, 0.15) is 6.92 Å². The van der Waals surface area contributed by atoms with Gasteiger partial charge in [-0.15, -0.1) is 0 Å². The molecule has 0 rings (SSSR count). The van der Waals surface area contributed by atoms with Gasteiger partial charge in [-0.25, -0.2) is 0 Å². The van der Waals surface area contributed by atoms with E-state index in [4.69, 9.17) is 31.1 Å². The van der Waals surface area contributed by atoms with E-state index in [0.717, 1.165) is 0 Å². The van der Waals surface area contributed by atoms with Crippen LogP contribution in [0.4, 0.5) is 0 Å². The maximum absolute atomic E-state index is 8.96. The van der Waals surface area contributed by atoms with Gasteiger partial charge >= 0.3 is 0 Å². The highest BCUT2D eigenvalue weighted by molar-refractivity contribution is 8.73. The Hall–Kier alpha value is 1.37. The van der Waals surface area contributed by atoms with Crippen LogP contribution in [-0.4, -0.2) is 11.2 Å². The van der Waals surface area contributed by atoms with Crippen LogP contribution in [0.5, 0.6) is 0 Å². The molecule has 0 saturated heterocycles. The molecular weight excluding hydrogens is 248 g/mol. The van der Waals surface area contributed by atoms with Crippen LogP contribution in [0.2, 0.25) is 0 Å². The van der Waals surface area contributed by atoms with E-state index in [9.17, 15) is 0 Å². The van der Waals surface area contributed by atoms with Crippen LogP contribution in [0.25, 0.3) is 0 Å². The molecule has 62 valence electrons. The fourth-order valence-electron chi connectivity index (χ4n) is 0.167. The molecule has 0 saturated carbocycles. The van der Waals surface area contributed by atoms with E-state index >= 15 is 0 Å². The zero-order valence-electron chi connectivity index (χ0n) is 5.01. The summed E-state index contributed by atoms with van der Waals surface area (Å²) in [4.78, 5) is 0. The van der Waals surface area contributed by atoms with Gasteiger partial charge in [-0.05, 0) is 44.8 Å². The van der Waals surface area contributed by atoms with Crippen molar-refractivity contribution in [2.45, 2.75) is 6.92 Å². The van der Waals surface area contributed by atoms with Crippen LogP contribution >= 0.6 is 0 Å². The van der Waals surface area contributed by atoms with Gasteiger partial charge in [0.25, 0.3) is 0 Å². The van der Waals surface area contributed by atoms with Gasteiger partial charge in [-0.3, -0.25) is 4.18 Å². The minimum absolute atomic E-state index is 0.510. The van der Waals surface area contributed by atoms with Crippen molar-refractivity contribution < 1.29 is 8.74 Å². The first-order valence-electron chi connectivity index (χ1n) is 2.18. The summed E-state index contributed by atoms with van der Waals surface area (Å²) >= 11 is 9.41. The number of hydrogen-bond donors (Lipinski definition) is 1. The molecule has 0 spiro atoms. The molecule has 0 fully saturated rings. The summed E-state index contributed by atoms with van der Waals surface area (Å²) in [6.45, 7) is 1.81. The lowest BCUT2D eigenvalue weighted by atomic mass is 10.9. The van der Waals surface area contributed by atoms with Crippen LogP contribution < -0.4 is 0 Å². The standard InChI is InChI=1S/C2H6O2S6/c1-2-4-9(3)7-8-10(5)6/h3H,2H2,1H3. The molecule has 0 amide bonds. The summed E-state index contributed by atoms with van der Waals surface area (Å²) in [5.41, 5.74) is 0. The molecule has 0 heterocycles. The van der Waals surface area contributed by atoms with E-state index in [1.807, 2.05) is 6.92 Å². The molecule has 0 aliphatic rings. The largest absolute Gasteiger partial charge is 0.306 e. The van der Waals surface area contributed by atoms with Gasteiger partial charge in [0.1, 0.15) is 10.0 Å². The lowest BCUT2D eigenvalue weighted by Crippen LogP contribution is -1.91. The average molecular weight is 254 g/mol. The second-order valence-electron chi connectivity index (χ2n) is 0.964. The molecule has 1 unspecified atom stereocenters. The van der Waals surface area contributed by atoms with E-state index in [0.29, 0.717) is 6.61 Å². The molecular formula is C2H6O2S6. The Morgan fingerprint density at radius 3 is 2.50 bits per heavy atom. The second kappa shape index (κ2) is 7.04. The summed E-state index contributed by atoms with van der Waals surface area (Å²) in [5.74, 6) is 0. The Morgan fingerprint density at radius 2 is 2.10 bits per heavy atom. The molecule has 10 heavy (non-hydrogen) atoms. The predicted octanol–water partition coefficient (Wildman–Crippen LogP) is 0.481. The lowest BCUT2D eigenvalue weighted by Gasteiger charge is -1.90. The van der Waals surface area contributed by atoms with Gasteiger partial charge in [0.05, 0.1) is 6.61 Å². The highest BCUT2D eigenvalue weighted by atomic mass is 33.4. The lowest BCUT2D eigenvalue weighted by molar-refractivity contribution is 0.359. The van der Waals surface area contributed by atoms with Gasteiger partial charge in [0.2, 0.25) is 0 Å². The van der Waals surface area contributed by atoms with Crippen LogP contribution in [-0.2, 0) is 60.9 Å². The maximum Gasteiger partial charge on any atom is 0.146 e. The third-order valence-corrected chi connectivity index (χ3v) is 9.27. The van der Waals surface area contributed by atoms with Gasteiger partial charge in [-0.2, -0.15) is 0 Å². The van der Waals surface area contributed by atoms with Crippen LogP contribution in [0, 0.1) is 0 Å². The normalized spacial score (nSPS) is 12.2. The molecule has 2 nitrogen and oxygen atoms in total. The van der Waals surface area contributed by atoms with E-state index in [2.05, 4.69) is 0 Å². The molecule has 0 aromatic rings. The Labute approximate surface area is 78.4 Å². The molecule has 8 heteroatoms. The summed E-state index contributed by atoms with van der Waals surface area (Å²) in [5, 5.41) is 0. The number of rotatable bonds is 2. The zero-order valence-corrected chi connectivity index (χ0v) is 9.91. The fraction of sp³-hybridized carbons (Fsp3) is 1.00. The smallest absolute Gasteiger partial charge is 0.146 e. The third kappa shape index (κ3) is 7.48. The topological polar surface area (TPSA) is 29.5 Å². The minimum atomic E-state index is -1.04. The average Bonchev–Trinajstić information content (AvgIpc) is 1.85. The summed E-state index contributed by atoms with van der Waals surface area (Å²) < 4.78 is 13.8. The Kier molecular flexibility index (Phi) is 8.01. The van der Waals surface area contributed by atoms with E-state index in [1.165, 1.54) is 17.8 Å². The molecule has 0 aliphatic carbocycles. The second-order valence-corrected chi connectivity index (χ2v) is 11.3. The van der Waals surface area contributed by atoms with Crippen LogP contribution in [0.15, 0.2) is 0 Å². The van der Waals surface area contributed by atoms with Crippen molar-refractivity contribution >= 4 is 56.7 Å². The van der Waals surface area contributed by atoms with Crippen molar-refractivity contribution in [1.82, 2.24) is 0 Å². The van der Waals surface area contributed by atoms with E-state index in [1.54, 1.807) is 0 Å². The van der Waals surface area contributed by atoms with Crippen molar-refractivity contribution in [3.63, 3.8) is 0 Å². The first-order valence-corrected chi connectivity index (χ1v) is 9.54. The Balaban J connectivity index is 4.62. The minimum Gasteiger partial charge on any atom is -0.306 e. The molecule has 0 radical (unpaired) electrons.